The zero-order valence-electron chi connectivity index (χ0n) is 23.1. The maximum atomic E-state index is 12.5. The van der Waals surface area contributed by atoms with Crippen LogP contribution in [0.2, 0.25) is 0 Å². The first-order chi connectivity index (χ1) is 19.7. The van der Waals surface area contributed by atoms with E-state index >= 15 is 0 Å². The van der Waals surface area contributed by atoms with Gasteiger partial charge in [0.25, 0.3) is 0 Å². The van der Waals surface area contributed by atoms with Crippen LogP contribution in [0, 0.1) is 0 Å². The molecule has 12 nitrogen and oxygen atoms in total. The number of carbonyl (C=O) groups is 4. The molecule has 2 aliphatic rings. The summed E-state index contributed by atoms with van der Waals surface area (Å²) >= 11 is 0. The minimum absolute atomic E-state index is 0.0339. The lowest BCUT2D eigenvalue weighted by molar-refractivity contribution is -0.273. The minimum Gasteiger partial charge on any atom is -0.463 e. The van der Waals surface area contributed by atoms with Crippen LogP contribution in [0.5, 0.6) is 0 Å². The smallest absolute Gasteiger partial charge is 0.407 e. The molecule has 0 bridgehead atoms. The van der Waals surface area contributed by atoms with Crippen LogP contribution in [0.15, 0.2) is 48.5 Å². The highest BCUT2D eigenvalue weighted by atomic mass is 16.7. The fourth-order valence-electron chi connectivity index (χ4n) is 5.06. The first kappa shape index (κ1) is 30.0. The molecule has 1 saturated heterocycles. The summed E-state index contributed by atoms with van der Waals surface area (Å²) in [5.74, 6) is -1.98. The fraction of sp³-hybridized carbons (Fsp3) is 0.448. The minimum atomic E-state index is -1.13. The molecule has 0 radical (unpaired) electrons. The Bertz CT molecular complexity index is 1220. The highest BCUT2D eigenvalue weighted by Gasteiger charge is 2.49. The van der Waals surface area contributed by atoms with Crippen molar-refractivity contribution in [1.82, 2.24) is 5.32 Å². The van der Waals surface area contributed by atoms with E-state index in [1.807, 2.05) is 36.4 Å². The Kier molecular flexibility index (Phi) is 9.92. The first-order valence-electron chi connectivity index (χ1n) is 13.2. The number of hydrogen-bond donors (Lipinski definition) is 2. The molecular weight excluding hydrogens is 536 g/mol. The third kappa shape index (κ3) is 7.40. The summed E-state index contributed by atoms with van der Waals surface area (Å²) < 4.78 is 32.7. The van der Waals surface area contributed by atoms with Crippen molar-refractivity contribution in [3.8, 4) is 11.1 Å². The second-order valence-corrected chi connectivity index (χ2v) is 9.69. The van der Waals surface area contributed by atoms with Crippen LogP contribution in [0.4, 0.5) is 4.79 Å². The lowest BCUT2D eigenvalue weighted by atomic mass is 9.97. The number of carbonyl (C=O) groups excluding carboxylic acids is 4. The summed E-state index contributed by atoms with van der Waals surface area (Å²) in [6.07, 6.45) is -5.04. The number of esters is 3. The average Bonchev–Trinajstić information content (AvgIpc) is 3.25. The average molecular weight is 571 g/mol. The Labute approximate surface area is 237 Å². The number of fused-ring (bicyclic) bond motifs is 3. The van der Waals surface area contributed by atoms with Crippen molar-refractivity contribution in [3.63, 3.8) is 0 Å². The molecule has 3 unspecified atom stereocenters. The van der Waals surface area contributed by atoms with Crippen molar-refractivity contribution in [1.29, 1.82) is 0 Å². The molecular formula is C29H34N2O10. The standard InChI is InChI=1S/C29H34N2O10/c1-16(32)37-15-24-26(39-17(2)33)27(40-18(3)34)25(30)28(41-24)36-13-12-31-29(35)38-14-23-21-10-6-4-8-19(21)20-9-5-7-11-22(20)23/h4-11,23-28H,12-15,30H2,1-3H3,(H,31,35)/t24?,25?,26-,27?,28+/m0/s1. The van der Waals surface area contributed by atoms with Gasteiger partial charge in [0.15, 0.2) is 18.5 Å². The Hall–Kier alpha value is -4.00. The maximum absolute atomic E-state index is 12.5. The van der Waals surface area contributed by atoms with Crippen LogP contribution < -0.4 is 11.1 Å². The van der Waals surface area contributed by atoms with Gasteiger partial charge in [-0.1, -0.05) is 48.5 Å². The molecule has 2 aromatic rings. The van der Waals surface area contributed by atoms with Crippen molar-refractivity contribution >= 4 is 24.0 Å². The number of hydrogen-bond acceptors (Lipinski definition) is 11. The molecule has 3 N–H and O–H groups in total. The van der Waals surface area contributed by atoms with Crippen molar-refractivity contribution in [2.75, 3.05) is 26.4 Å². The molecule has 1 aliphatic carbocycles. The van der Waals surface area contributed by atoms with Gasteiger partial charge in [0.1, 0.15) is 19.3 Å². The first-order valence-corrected chi connectivity index (χ1v) is 13.2. The second-order valence-electron chi connectivity index (χ2n) is 9.69. The Balaban J connectivity index is 1.31. The van der Waals surface area contributed by atoms with Crippen LogP contribution in [-0.2, 0) is 42.8 Å². The van der Waals surface area contributed by atoms with Crippen LogP contribution in [0.25, 0.3) is 11.1 Å². The molecule has 41 heavy (non-hydrogen) atoms. The summed E-state index contributed by atoms with van der Waals surface area (Å²) in [7, 11) is 0. The zero-order chi connectivity index (χ0) is 29.5. The zero-order valence-corrected chi connectivity index (χ0v) is 23.1. The molecule has 2 aromatic carbocycles. The van der Waals surface area contributed by atoms with Gasteiger partial charge in [-0.3, -0.25) is 14.4 Å². The molecule has 12 heteroatoms. The van der Waals surface area contributed by atoms with Gasteiger partial charge in [-0.15, -0.1) is 0 Å². The summed E-state index contributed by atoms with van der Waals surface area (Å²) in [4.78, 5) is 47.3. The van der Waals surface area contributed by atoms with Crippen molar-refractivity contribution in [2.45, 2.75) is 57.3 Å². The molecule has 1 fully saturated rings. The molecule has 1 heterocycles. The van der Waals surface area contributed by atoms with Gasteiger partial charge in [0, 0.05) is 33.2 Å². The van der Waals surface area contributed by atoms with Crippen molar-refractivity contribution in [3.05, 3.63) is 59.7 Å². The summed E-state index contributed by atoms with van der Waals surface area (Å²) in [5.41, 5.74) is 10.7. The van der Waals surface area contributed by atoms with Crippen LogP contribution >= 0.6 is 0 Å². The third-order valence-corrected chi connectivity index (χ3v) is 6.74. The molecule has 0 saturated carbocycles. The topological polar surface area (TPSA) is 162 Å². The predicted octanol–water partition coefficient (Wildman–Crippen LogP) is 2.02. The van der Waals surface area contributed by atoms with Crippen LogP contribution in [0.1, 0.15) is 37.8 Å². The summed E-state index contributed by atoms with van der Waals surface area (Å²) in [5, 5.41) is 2.63. The van der Waals surface area contributed by atoms with E-state index < -0.39 is 54.6 Å². The molecule has 5 atom stereocenters. The number of rotatable bonds is 10. The summed E-state index contributed by atoms with van der Waals surface area (Å²) in [6, 6.07) is 15.0. The third-order valence-electron chi connectivity index (χ3n) is 6.74. The highest BCUT2D eigenvalue weighted by Crippen LogP contribution is 2.44. The largest absolute Gasteiger partial charge is 0.463 e. The predicted molar refractivity (Wildman–Crippen MR) is 143 cm³/mol. The van der Waals surface area contributed by atoms with E-state index in [0.29, 0.717) is 0 Å². The van der Waals surface area contributed by atoms with E-state index in [1.54, 1.807) is 0 Å². The quantitative estimate of drug-likeness (QED) is 0.244. The number of ether oxygens (including phenoxy) is 6. The van der Waals surface area contributed by atoms with E-state index in [2.05, 4.69) is 17.4 Å². The lowest BCUT2D eigenvalue weighted by Gasteiger charge is -2.43. The van der Waals surface area contributed by atoms with E-state index in [4.69, 9.17) is 34.2 Å². The van der Waals surface area contributed by atoms with Gasteiger partial charge in [0.05, 0.1) is 12.6 Å². The number of benzene rings is 2. The number of amides is 1. The van der Waals surface area contributed by atoms with Crippen molar-refractivity contribution in [2.24, 2.45) is 5.73 Å². The maximum Gasteiger partial charge on any atom is 0.407 e. The highest BCUT2D eigenvalue weighted by molar-refractivity contribution is 5.79. The molecule has 1 aliphatic heterocycles. The second kappa shape index (κ2) is 13.6. The Morgan fingerprint density at radius 3 is 1.98 bits per heavy atom. The van der Waals surface area contributed by atoms with Gasteiger partial charge in [0.2, 0.25) is 0 Å². The van der Waals surface area contributed by atoms with Crippen LogP contribution in [-0.4, -0.2) is 81.0 Å². The monoisotopic (exact) mass is 570 g/mol. The van der Waals surface area contributed by atoms with Gasteiger partial charge in [-0.2, -0.15) is 0 Å². The van der Waals surface area contributed by atoms with Gasteiger partial charge >= 0.3 is 24.0 Å². The molecule has 0 spiro atoms. The number of alkyl carbamates (subject to hydrolysis) is 1. The number of nitrogens with two attached hydrogens (primary N) is 1. The lowest BCUT2D eigenvalue weighted by Crippen LogP contribution is -2.65. The molecule has 4 rings (SSSR count). The molecule has 0 aromatic heterocycles. The van der Waals surface area contributed by atoms with Crippen molar-refractivity contribution < 1.29 is 47.6 Å². The Morgan fingerprint density at radius 1 is 0.805 bits per heavy atom. The van der Waals surface area contributed by atoms with Gasteiger partial charge < -0.3 is 39.5 Å². The van der Waals surface area contributed by atoms with E-state index in [1.165, 1.54) is 20.8 Å². The van der Waals surface area contributed by atoms with Gasteiger partial charge in [-0.25, -0.2) is 4.79 Å². The van der Waals surface area contributed by atoms with E-state index in [-0.39, 0.29) is 32.3 Å². The van der Waals surface area contributed by atoms with Gasteiger partial charge in [-0.05, 0) is 22.3 Å². The number of nitrogens with one attached hydrogen (secondary N) is 1. The molecule has 1 amide bonds. The fourth-order valence-corrected chi connectivity index (χ4v) is 5.06. The normalized spacial score (nSPS) is 23.1. The SMILES string of the molecule is CC(=O)OCC1O[C@@H](OCCNC(=O)OCC2c3ccccc3-c3ccccc32)C(N)C(OC(C)=O)[C@H]1OC(C)=O. The Morgan fingerprint density at radius 2 is 1.39 bits per heavy atom. The van der Waals surface area contributed by atoms with E-state index in [0.717, 1.165) is 22.3 Å². The van der Waals surface area contributed by atoms with E-state index in [9.17, 15) is 19.2 Å². The summed E-state index contributed by atoms with van der Waals surface area (Å²) in [6.45, 7) is 3.46. The molecule has 220 valence electrons. The van der Waals surface area contributed by atoms with Crippen LogP contribution in [0.3, 0.4) is 0 Å².